The molecule has 6 heteroatoms. The molecule has 26 heavy (non-hydrogen) atoms. The SMILES string of the molecule is CCCc1ccc(C(C)N(CC(N)=O)C(=O)CCC2CCNC2)cc1.Cl. The van der Waals surface area contributed by atoms with E-state index in [0.29, 0.717) is 12.3 Å². The van der Waals surface area contributed by atoms with Crippen LogP contribution in [0.4, 0.5) is 0 Å². The summed E-state index contributed by atoms with van der Waals surface area (Å²) >= 11 is 0. The van der Waals surface area contributed by atoms with Crippen LogP contribution < -0.4 is 11.1 Å². The van der Waals surface area contributed by atoms with E-state index in [1.807, 2.05) is 6.92 Å². The smallest absolute Gasteiger partial charge is 0.237 e. The number of carbonyl (C=O) groups is 2. The number of nitrogens with one attached hydrogen (secondary N) is 1. The zero-order valence-corrected chi connectivity index (χ0v) is 16.7. The normalized spacial score (nSPS) is 17.4. The molecular weight excluding hydrogens is 350 g/mol. The van der Waals surface area contributed by atoms with Crippen molar-refractivity contribution in [3.8, 4) is 0 Å². The van der Waals surface area contributed by atoms with E-state index < -0.39 is 5.91 Å². The van der Waals surface area contributed by atoms with Gasteiger partial charge in [0.1, 0.15) is 0 Å². The Morgan fingerprint density at radius 1 is 1.31 bits per heavy atom. The lowest BCUT2D eigenvalue weighted by Gasteiger charge is -2.29. The minimum absolute atomic E-state index is 0. The van der Waals surface area contributed by atoms with Gasteiger partial charge < -0.3 is 16.0 Å². The molecular formula is C20H32ClN3O2. The number of hydrogen-bond donors (Lipinski definition) is 2. The van der Waals surface area contributed by atoms with Crippen LogP contribution in [0.2, 0.25) is 0 Å². The van der Waals surface area contributed by atoms with E-state index in [-0.39, 0.29) is 30.9 Å². The van der Waals surface area contributed by atoms with Crippen LogP contribution in [0.3, 0.4) is 0 Å². The van der Waals surface area contributed by atoms with Gasteiger partial charge in [0.15, 0.2) is 0 Å². The topological polar surface area (TPSA) is 75.4 Å². The molecule has 1 aromatic carbocycles. The van der Waals surface area contributed by atoms with E-state index in [4.69, 9.17) is 5.73 Å². The van der Waals surface area contributed by atoms with E-state index in [1.54, 1.807) is 4.90 Å². The molecule has 3 N–H and O–H groups in total. The average Bonchev–Trinajstić information content (AvgIpc) is 3.11. The summed E-state index contributed by atoms with van der Waals surface area (Å²) in [6, 6.07) is 8.16. The zero-order chi connectivity index (χ0) is 18.2. The first kappa shape index (κ1) is 22.5. The first-order valence-electron chi connectivity index (χ1n) is 9.38. The standard InChI is InChI=1S/C20H31N3O2.ClH/c1-3-4-16-5-8-18(9-6-16)15(2)23(14-19(21)24)20(25)10-7-17-11-12-22-13-17;/h5-6,8-9,15,17,22H,3-4,7,10-14H2,1-2H3,(H2,21,24);1H. The van der Waals surface area contributed by atoms with Crippen molar-refractivity contribution in [1.29, 1.82) is 0 Å². The molecule has 1 aliphatic heterocycles. The molecule has 1 aromatic rings. The third-order valence-electron chi connectivity index (χ3n) is 5.04. The summed E-state index contributed by atoms with van der Waals surface area (Å²) < 4.78 is 0. The first-order chi connectivity index (χ1) is 12.0. The van der Waals surface area contributed by atoms with Gasteiger partial charge in [-0.1, -0.05) is 37.6 Å². The average molecular weight is 382 g/mol. The van der Waals surface area contributed by atoms with Crippen LogP contribution >= 0.6 is 12.4 Å². The molecule has 0 aromatic heterocycles. The summed E-state index contributed by atoms with van der Waals surface area (Å²) in [6.45, 7) is 6.11. The Labute approximate surface area is 163 Å². The Morgan fingerprint density at radius 3 is 2.54 bits per heavy atom. The lowest BCUT2D eigenvalue weighted by atomic mass is 10.00. The second kappa shape index (κ2) is 11.2. The van der Waals surface area contributed by atoms with Gasteiger partial charge in [-0.2, -0.15) is 0 Å². The quantitative estimate of drug-likeness (QED) is 0.690. The minimum Gasteiger partial charge on any atom is -0.368 e. The highest BCUT2D eigenvalue weighted by atomic mass is 35.5. The van der Waals surface area contributed by atoms with Crippen molar-refractivity contribution >= 4 is 24.2 Å². The summed E-state index contributed by atoms with van der Waals surface area (Å²) in [5.74, 6) is 0.101. The van der Waals surface area contributed by atoms with E-state index in [0.717, 1.165) is 44.3 Å². The van der Waals surface area contributed by atoms with Gasteiger partial charge in [0.05, 0.1) is 12.6 Å². The van der Waals surface area contributed by atoms with Gasteiger partial charge in [0.25, 0.3) is 0 Å². The van der Waals surface area contributed by atoms with Crippen LogP contribution in [0, 0.1) is 5.92 Å². The molecule has 0 spiro atoms. The van der Waals surface area contributed by atoms with Crippen LogP contribution in [-0.2, 0) is 16.0 Å². The summed E-state index contributed by atoms with van der Waals surface area (Å²) in [6.07, 6.45) is 4.61. The van der Waals surface area contributed by atoms with E-state index >= 15 is 0 Å². The van der Waals surface area contributed by atoms with Crippen molar-refractivity contribution in [2.24, 2.45) is 11.7 Å². The predicted molar refractivity (Wildman–Crippen MR) is 107 cm³/mol. The minimum atomic E-state index is -0.467. The number of primary amides is 1. The Kier molecular flexibility index (Phi) is 9.66. The number of nitrogens with zero attached hydrogens (tertiary/aromatic N) is 1. The monoisotopic (exact) mass is 381 g/mol. The van der Waals surface area contributed by atoms with Crippen molar-refractivity contribution in [2.45, 2.75) is 52.0 Å². The second-order valence-electron chi connectivity index (χ2n) is 7.05. The molecule has 2 amide bonds. The summed E-state index contributed by atoms with van der Waals surface area (Å²) in [4.78, 5) is 25.8. The first-order valence-corrected chi connectivity index (χ1v) is 9.38. The van der Waals surface area contributed by atoms with Crippen LogP contribution in [-0.4, -0.2) is 36.3 Å². The van der Waals surface area contributed by atoms with Gasteiger partial charge in [-0.25, -0.2) is 0 Å². The molecule has 2 atom stereocenters. The van der Waals surface area contributed by atoms with Gasteiger partial charge in [-0.3, -0.25) is 9.59 Å². The van der Waals surface area contributed by atoms with Crippen molar-refractivity contribution < 1.29 is 9.59 Å². The second-order valence-corrected chi connectivity index (χ2v) is 7.05. The number of nitrogens with two attached hydrogens (primary N) is 1. The number of carbonyl (C=O) groups excluding carboxylic acids is 2. The largest absolute Gasteiger partial charge is 0.368 e. The van der Waals surface area contributed by atoms with Crippen LogP contribution in [0.15, 0.2) is 24.3 Å². The van der Waals surface area contributed by atoms with Crippen molar-refractivity contribution in [2.75, 3.05) is 19.6 Å². The Morgan fingerprint density at radius 2 is 2.00 bits per heavy atom. The number of halogens is 1. The molecule has 0 saturated carbocycles. The van der Waals surface area contributed by atoms with E-state index in [1.165, 1.54) is 5.56 Å². The Balaban J connectivity index is 0.00000338. The highest BCUT2D eigenvalue weighted by Gasteiger charge is 2.24. The molecule has 2 rings (SSSR count). The maximum absolute atomic E-state index is 12.7. The number of aryl methyl sites for hydroxylation is 1. The maximum Gasteiger partial charge on any atom is 0.237 e. The highest BCUT2D eigenvalue weighted by Crippen LogP contribution is 2.23. The van der Waals surface area contributed by atoms with Gasteiger partial charge in [0.2, 0.25) is 11.8 Å². The molecule has 0 aliphatic carbocycles. The third-order valence-corrected chi connectivity index (χ3v) is 5.04. The third kappa shape index (κ3) is 6.61. The molecule has 1 heterocycles. The lowest BCUT2D eigenvalue weighted by Crippen LogP contribution is -2.40. The fraction of sp³-hybridized carbons (Fsp3) is 0.600. The molecule has 1 saturated heterocycles. The van der Waals surface area contributed by atoms with Crippen molar-refractivity contribution in [3.05, 3.63) is 35.4 Å². The summed E-state index contributed by atoms with van der Waals surface area (Å²) in [7, 11) is 0. The number of benzene rings is 1. The Hall–Kier alpha value is -1.59. The molecule has 2 unspecified atom stereocenters. The van der Waals surface area contributed by atoms with Crippen LogP contribution in [0.5, 0.6) is 0 Å². The lowest BCUT2D eigenvalue weighted by molar-refractivity contribution is -0.137. The van der Waals surface area contributed by atoms with E-state index in [9.17, 15) is 9.59 Å². The molecule has 1 aliphatic rings. The van der Waals surface area contributed by atoms with Crippen molar-refractivity contribution in [3.63, 3.8) is 0 Å². The van der Waals surface area contributed by atoms with Crippen molar-refractivity contribution in [1.82, 2.24) is 10.2 Å². The molecule has 1 fully saturated rings. The predicted octanol–water partition coefficient (Wildman–Crippen LogP) is 2.83. The molecule has 0 radical (unpaired) electrons. The summed E-state index contributed by atoms with van der Waals surface area (Å²) in [5, 5.41) is 3.32. The Bertz CT molecular complexity index is 571. The van der Waals surface area contributed by atoms with Gasteiger partial charge >= 0.3 is 0 Å². The van der Waals surface area contributed by atoms with Gasteiger partial charge in [0, 0.05) is 6.42 Å². The fourth-order valence-corrected chi connectivity index (χ4v) is 3.47. The highest BCUT2D eigenvalue weighted by molar-refractivity contribution is 5.85. The zero-order valence-electron chi connectivity index (χ0n) is 15.9. The summed E-state index contributed by atoms with van der Waals surface area (Å²) in [5.41, 5.74) is 7.72. The number of rotatable bonds is 9. The van der Waals surface area contributed by atoms with E-state index in [2.05, 4.69) is 36.5 Å². The van der Waals surface area contributed by atoms with Gasteiger partial charge in [-0.15, -0.1) is 12.4 Å². The van der Waals surface area contributed by atoms with Gasteiger partial charge in [-0.05, 0) is 56.3 Å². The fourth-order valence-electron chi connectivity index (χ4n) is 3.47. The van der Waals surface area contributed by atoms with Crippen LogP contribution in [0.25, 0.3) is 0 Å². The van der Waals surface area contributed by atoms with Crippen LogP contribution in [0.1, 0.15) is 56.7 Å². The molecule has 5 nitrogen and oxygen atoms in total. The molecule has 0 bridgehead atoms. The molecule has 146 valence electrons. The number of amides is 2. The maximum atomic E-state index is 12.7. The number of hydrogen-bond acceptors (Lipinski definition) is 3.